The van der Waals surface area contributed by atoms with Crippen molar-refractivity contribution in [1.29, 1.82) is 0 Å². The lowest BCUT2D eigenvalue weighted by atomic mass is 10.2. The lowest BCUT2D eigenvalue weighted by Crippen LogP contribution is -2.27. The Kier molecular flexibility index (Phi) is 2.71. The third-order valence-corrected chi connectivity index (χ3v) is 1.85. The van der Waals surface area contributed by atoms with Gasteiger partial charge in [0.2, 0.25) is 0 Å². The van der Waals surface area contributed by atoms with Crippen molar-refractivity contribution in [2.24, 2.45) is 0 Å². The summed E-state index contributed by atoms with van der Waals surface area (Å²) in [4.78, 5) is 10.8. The topological polar surface area (TPSA) is 38.3 Å². The molecule has 1 saturated heterocycles. The van der Waals surface area contributed by atoms with E-state index in [0.717, 1.165) is 19.4 Å². The number of carbonyl (C=O) groups excluding carboxylic acids is 1. The largest absolute Gasteiger partial charge is 0.368 e. The second-order valence-corrected chi connectivity index (χ2v) is 2.50. The Labute approximate surface area is 67.6 Å². The Balaban J connectivity index is 2.32. The van der Waals surface area contributed by atoms with Gasteiger partial charge in [0.1, 0.15) is 6.10 Å². The zero-order valence-electron chi connectivity index (χ0n) is 4.89. The summed E-state index contributed by atoms with van der Waals surface area (Å²) in [5.41, 5.74) is 0. The maximum Gasteiger partial charge on any atom is 0.257 e. The molecule has 1 unspecified atom stereocenters. The van der Waals surface area contributed by atoms with Gasteiger partial charge in [-0.2, -0.15) is 0 Å². The van der Waals surface area contributed by atoms with E-state index in [1.165, 1.54) is 0 Å². The Hall–Kier alpha value is 0.160. The van der Waals surface area contributed by atoms with Gasteiger partial charge in [0.05, 0.1) is 22.9 Å². The van der Waals surface area contributed by atoms with Crippen LogP contribution < -0.4 is 3.53 Å². The molecule has 1 fully saturated rings. The molecule has 0 radical (unpaired) electrons. The van der Waals surface area contributed by atoms with E-state index in [-0.39, 0.29) is 12.0 Å². The minimum Gasteiger partial charge on any atom is -0.368 e. The van der Waals surface area contributed by atoms with Crippen LogP contribution in [-0.4, -0.2) is 18.6 Å². The van der Waals surface area contributed by atoms with Crippen LogP contribution in [0.4, 0.5) is 0 Å². The number of hydrogen-bond donors (Lipinski definition) is 1. The monoisotopic (exact) mass is 241 g/mol. The maximum atomic E-state index is 10.8. The molecule has 1 atom stereocenters. The molecule has 52 valence electrons. The molecule has 1 amide bonds. The average molecular weight is 241 g/mol. The molecular weight excluding hydrogens is 233 g/mol. The highest BCUT2D eigenvalue weighted by atomic mass is 127. The van der Waals surface area contributed by atoms with Gasteiger partial charge in [-0.05, 0) is 12.8 Å². The first-order valence-electron chi connectivity index (χ1n) is 2.86. The van der Waals surface area contributed by atoms with Crippen molar-refractivity contribution < 1.29 is 9.53 Å². The fourth-order valence-electron chi connectivity index (χ4n) is 0.845. The number of amides is 1. The van der Waals surface area contributed by atoms with Crippen molar-refractivity contribution >= 4 is 28.8 Å². The number of halogens is 1. The molecule has 0 aromatic heterocycles. The van der Waals surface area contributed by atoms with Crippen molar-refractivity contribution in [3.63, 3.8) is 0 Å². The molecule has 9 heavy (non-hydrogen) atoms. The van der Waals surface area contributed by atoms with Gasteiger partial charge in [-0.3, -0.25) is 8.32 Å². The highest BCUT2D eigenvalue weighted by Gasteiger charge is 2.22. The van der Waals surface area contributed by atoms with Crippen molar-refractivity contribution in [2.75, 3.05) is 6.61 Å². The van der Waals surface area contributed by atoms with Crippen LogP contribution in [0.2, 0.25) is 0 Å². The van der Waals surface area contributed by atoms with Crippen LogP contribution in [0.1, 0.15) is 12.8 Å². The molecule has 4 heteroatoms. The Morgan fingerprint density at radius 3 is 3.00 bits per heavy atom. The SMILES string of the molecule is O=C(NI)C1CCCO1. The van der Waals surface area contributed by atoms with Crippen LogP contribution in [0.25, 0.3) is 0 Å². The standard InChI is InChI=1S/C5H8INO2/c6-7-5(8)4-2-1-3-9-4/h4H,1-3H2,(H,7,8). The van der Waals surface area contributed by atoms with Crippen LogP contribution in [0.3, 0.4) is 0 Å². The molecule has 0 aliphatic carbocycles. The van der Waals surface area contributed by atoms with Crippen molar-refractivity contribution in [3.8, 4) is 0 Å². The molecule has 1 aliphatic rings. The molecule has 0 spiro atoms. The first kappa shape index (κ1) is 7.27. The third-order valence-electron chi connectivity index (χ3n) is 1.32. The maximum absolute atomic E-state index is 10.8. The Morgan fingerprint density at radius 1 is 1.78 bits per heavy atom. The van der Waals surface area contributed by atoms with E-state index in [1.54, 1.807) is 0 Å². The molecule has 1 heterocycles. The molecule has 0 saturated carbocycles. The van der Waals surface area contributed by atoms with E-state index in [4.69, 9.17) is 4.74 Å². The highest BCUT2D eigenvalue weighted by Crippen LogP contribution is 2.11. The zero-order chi connectivity index (χ0) is 6.69. The van der Waals surface area contributed by atoms with E-state index in [0.29, 0.717) is 0 Å². The van der Waals surface area contributed by atoms with Crippen LogP contribution in [0, 0.1) is 0 Å². The van der Waals surface area contributed by atoms with Crippen LogP contribution in [0.5, 0.6) is 0 Å². The summed E-state index contributed by atoms with van der Waals surface area (Å²) in [6.07, 6.45) is 1.70. The van der Waals surface area contributed by atoms with Crippen LogP contribution >= 0.6 is 22.9 Å². The predicted octanol–water partition coefficient (Wildman–Crippen LogP) is 0.632. The van der Waals surface area contributed by atoms with E-state index in [2.05, 4.69) is 3.53 Å². The number of carbonyl (C=O) groups is 1. The number of nitrogens with one attached hydrogen (secondary N) is 1. The van der Waals surface area contributed by atoms with E-state index < -0.39 is 0 Å². The summed E-state index contributed by atoms with van der Waals surface area (Å²) in [6, 6.07) is 0. The van der Waals surface area contributed by atoms with Crippen LogP contribution in [-0.2, 0) is 9.53 Å². The highest BCUT2D eigenvalue weighted by molar-refractivity contribution is 14.1. The molecule has 1 aliphatic heterocycles. The summed E-state index contributed by atoms with van der Waals surface area (Å²) in [7, 11) is 0. The van der Waals surface area contributed by atoms with Crippen molar-refractivity contribution in [1.82, 2.24) is 3.53 Å². The van der Waals surface area contributed by atoms with Gasteiger partial charge < -0.3 is 4.74 Å². The third kappa shape index (κ3) is 1.79. The van der Waals surface area contributed by atoms with Crippen molar-refractivity contribution in [2.45, 2.75) is 18.9 Å². The first-order valence-corrected chi connectivity index (χ1v) is 3.94. The van der Waals surface area contributed by atoms with Crippen molar-refractivity contribution in [3.05, 3.63) is 0 Å². The summed E-state index contributed by atoms with van der Waals surface area (Å²) in [5, 5.41) is 0. The fourth-order valence-corrected chi connectivity index (χ4v) is 1.19. The molecule has 1 N–H and O–H groups in total. The van der Waals surface area contributed by atoms with Gasteiger partial charge in [0.15, 0.2) is 0 Å². The predicted molar refractivity (Wildman–Crippen MR) is 41.1 cm³/mol. The minimum atomic E-state index is -0.179. The Morgan fingerprint density at radius 2 is 2.56 bits per heavy atom. The number of ether oxygens (including phenoxy) is 1. The summed E-state index contributed by atoms with van der Waals surface area (Å²) in [5.74, 6) is -0.00639. The molecule has 1 rings (SSSR count). The van der Waals surface area contributed by atoms with Crippen LogP contribution in [0.15, 0.2) is 0 Å². The Bertz CT molecular complexity index is 112. The lowest BCUT2D eigenvalue weighted by Gasteiger charge is -2.03. The summed E-state index contributed by atoms with van der Waals surface area (Å²) >= 11 is 1.82. The van der Waals surface area contributed by atoms with Gasteiger partial charge in [-0.15, -0.1) is 0 Å². The quantitative estimate of drug-likeness (QED) is 0.540. The normalized spacial score (nSPS) is 26.1. The second kappa shape index (κ2) is 3.36. The summed E-state index contributed by atoms with van der Waals surface area (Å²) in [6.45, 7) is 0.731. The smallest absolute Gasteiger partial charge is 0.257 e. The van der Waals surface area contributed by atoms with Gasteiger partial charge in [-0.1, -0.05) is 0 Å². The molecular formula is C5H8INO2. The first-order chi connectivity index (χ1) is 4.34. The zero-order valence-corrected chi connectivity index (χ0v) is 7.05. The molecule has 0 bridgehead atoms. The van der Waals surface area contributed by atoms with Gasteiger partial charge in [-0.25, -0.2) is 0 Å². The van der Waals surface area contributed by atoms with Gasteiger partial charge in [0, 0.05) is 6.61 Å². The second-order valence-electron chi connectivity index (χ2n) is 1.96. The number of hydrogen-bond acceptors (Lipinski definition) is 2. The van der Waals surface area contributed by atoms with Gasteiger partial charge in [0.25, 0.3) is 5.91 Å². The lowest BCUT2D eigenvalue weighted by molar-refractivity contribution is -0.127. The summed E-state index contributed by atoms with van der Waals surface area (Å²) < 4.78 is 7.60. The molecule has 0 aromatic rings. The van der Waals surface area contributed by atoms with E-state index in [9.17, 15) is 4.79 Å². The average Bonchev–Trinajstić information content (AvgIpc) is 2.37. The minimum absolute atomic E-state index is 0.00639. The number of rotatable bonds is 1. The molecule has 0 aromatic carbocycles. The molecule has 3 nitrogen and oxygen atoms in total. The van der Waals surface area contributed by atoms with E-state index >= 15 is 0 Å². The van der Waals surface area contributed by atoms with Gasteiger partial charge >= 0.3 is 0 Å². The fraction of sp³-hybridized carbons (Fsp3) is 0.800. The van der Waals surface area contributed by atoms with E-state index in [1.807, 2.05) is 22.9 Å².